The molecule has 13 heteroatoms. The lowest BCUT2D eigenvalue weighted by Gasteiger charge is -2.29. The topological polar surface area (TPSA) is 126 Å². The normalized spacial score (nSPS) is 24.7. The molecule has 1 saturated carbocycles. The Morgan fingerprint density at radius 3 is 2.73 bits per heavy atom. The van der Waals surface area contributed by atoms with Crippen LogP contribution in [0.1, 0.15) is 43.2 Å². The SMILES string of the molecule is O=C(O)NCC1(c2cccc(F)c2)C2CCN(c3nc4c(nc3CO)c(-c3cccc(Cl)c3Cl)nn4C3CCCCO3)CC21. The van der Waals surface area contributed by atoms with Crippen molar-refractivity contribution >= 4 is 46.3 Å². The molecular weight excluding hydrogens is 610 g/mol. The molecule has 2 saturated heterocycles. The second-order valence-electron chi connectivity index (χ2n) is 11.7. The molecule has 7 rings (SSSR count). The number of carboxylic acid groups (broad SMARTS) is 1. The van der Waals surface area contributed by atoms with Crippen LogP contribution in [0.3, 0.4) is 0 Å². The van der Waals surface area contributed by atoms with Crippen LogP contribution in [-0.4, -0.2) is 62.3 Å². The maximum absolute atomic E-state index is 14.3. The molecule has 0 spiro atoms. The van der Waals surface area contributed by atoms with E-state index in [9.17, 15) is 19.4 Å². The quantitative estimate of drug-likeness (QED) is 0.232. The largest absolute Gasteiger partial charge is 0.465 e. The summed E-state index contributed by atoms with van der Waals surface area (Å²) in [6.45, 7) is 1.58. The lowest BCUT2D eigenvalue weighted by atomic mass is 9.91. The Kier molecular flexibility index (Phi) is 7.60. The van der Waals surface area contributed by atoms with Gasteiger partial charge >= 0.3 is 6.09 Å². The molecule has 230 valence electrons. The van der Waals surface area contributed by atoms with Gasteiger partial charge in [-0.15, -0.1) is 0 Å². The number of hydrogen-bond donors (Lipinski definition) is 3. The minimum atomic E-state index is -1.12. The van der Waals surface area contributed by atoms with Crippen molar-refractivity contribution in [1.82, 2.24) is 25.1 Å². The average Bonchev–Trinajstić information content (AvgIpc) is 3.54. The van der Waals surface area contributed by atoms with Crippen molar-refractivity contribution in [1.29, 1.82) is 0 Å². The first kappa shape index (κ1) is 29.2. The lowest BCUT2D eigenvalue weighted by Crippen LogP contribution is -2.35. The highest BCUT2D eigenvalue weighted by Crippen LogP contribution is 2.63. The number of anilines is 1. The molecule has 1 aliphatic carbocycles. The van der Waals surface area contributed by atoms with Crippen molar-refractivity contribution in [3.8, 4) is 11.3 Å². The smallest absolute Gasteiger partial charge is 0.404 e. The highest BCUT2D eigenvalue weighted by molar-refractivity contribution is 6.43. The van der Waals surface area contributed by atoms with Crippen LogP contribution in [0.4, 0.5) is 15.0 Å². The van der Waals surface area contributed by atoms with Crippen LogP contribution in [0, 0.1) is 17.7 Å². The number of aliphatic hydroxyl groups is 1. The number of halogens is 3. The van der Waals surface area contributed by atoms with E-state index in [1.807, 2.05) is 12.1 Å². The molecule has 4 heterocycles. The van der Waals surface area contributed by atoms with Crippen molar-refractivity contribution in [3.63, 3.8) is 0 Å². The van der Waals surface area contributed by atoms with Crippen molar-refractivity contribution in [2.45, 2.75) is 43.9 Å². The molecule has 1 amide bonds. The van der Waals surface area contributed by atoms with E-state index in [1.165, 1.54) is 12.1 Å². The second-order valence-corrected chi connectivity index (χ2v) is 12.5. The molecule has 3 aliphatic rings. The van der Waals surface area contributed by atoms with E-state index in [-0.39, 0.29) is 37.0 Å². The van der Waals surface area contributed by atoms with Gasteiger partial charge in [-0.2, -0.15) is 5.10 Å². The number of nitrogens with one attached hydrogen (secondary N) is 1. The number of ether oxygens (including phenoxy) is 1. The van der Waals surface area contributed by atoms with Gasteiger partial charge in [-0.05, 0) is 61.3 Å². The molecule has 3 fully saturated rings. The van der Waals surface area contributed by atoms with Crippen LogP contribution in [-0.2, 0) is 16.8 Å². The predicted molar refractivity (Wildman–Crippen MR) is 163 cm³/mol. The lowest BCUT2D eigenvalue weighted by molar-refractivity contribution is -0.0368. The third kappa shape index (κ3) is 4.86. The van der Waals surface area contributed by atoms with Crippen LogP contribution in [0.2, 0.25) is 10.0 Å². The number of hydrogen-bond acceptors (Lipinski definition) is 7. The molecule has 0 bridgehead atoms. The van der Waals surface area contributed by atoms with E-state index < -0.39 is 11.5 Å². The van der Waals surface area contributed by atoms with Gasteiger partial charge in [0.15, 0.2) is 17.7 Å². The van der Waals surface area contributed by atoms with E-state index in [4.69, 9.17) is 43.0 Å². The third-order valence-electron chi connectivity index (χ3n) is 9.38. The van der Waals surface area contributed by atoms with Crippen LogP contribution in [0.15, 0.2) is 42.5 Å². The molecule has 2 aromatic heterocycles. The Hall–Kier alpha value is -3.51. The minimum Gasteiger partial charge on any atom is -0.465 e. The molecule has 2 aliphatic heterocycles. The predicted octanol–water partition coefficient (Wildman–Crippen LogP) is 5.79. The zero-order chi connectivity index (χ0) is 30.6. The van der Waals surface area contributed by atoms with E-state index in [2.05, 4.69) is 10.2 Å². The fourth-order valence-electron chi connectivity index (χ4n) is 7.28. The number of fused-ring (bicyclic) bond motifs is 2. The van der Waals surface area contributed by atoms with Crippen molar-refractivity contribution in [2.24, 2.45) is 11.8 Å². The van der Waals surface area contributed by atoms with Gasteiger partial charge in [-0.1, -0.05) is 47.5 Å². The zero-order valence-corrected chi connectivity index (χ0v) is 25.2. The Morgan fingerprint density at radius 2 is 1.98 bits per heavy atom. The van der Waals surface area contributed by atoms with Gasteiger partial charge < -0.3 is 25.2 Å². The van der Waals surface area contributed by atoms with Gasteiger partial charge in [0.1, 0.15) is 22.7 Å². The molecule has 0 radical (unpaired) electrons. The van der Waals surface area contributed by atoms with Gasteiger partial charge in [0.2, 0.25) is 0 Å². The first-order valence-corrected chi connectivity index (χ1v) is 15.5. The average molecular weight is 642 g/mol. The zero-order valence-electron chi connectivity index (χ0n) is 23.7. The Morgan fingerprint density at radius 1 is 1.14 bits per heavy atom. The maximum Gasteiger partial charge on any atom is 0.404 e. The van der Waals surface area contributed by atoms with E-state index in [1.54, 1.807) is 22.9 Å². The summed E-state index contributed by atoms with van der Waals surface area (Å²) in [5.41, 5.74) is 2.73. The molecule has 2 aromatic carbocycles. The fourth-order valence-corrected chi connectivity index (χ4v) is 7.67. The number of benzene rings is 2. The van der Waals surface area contributed by atoms with Gasteiger partial charge in [-0.3, -0.25) is 0 Å². The van der Waals surface area contributed by atoms with Crippen LogP contribution in [0.5, 0.6) is 0 Å². The molecule has 4 aromatic rings. The summed E-state index contributed by atoms with van der Waals surface area (Å²) in [7, 11) is 0. The van der Waals surface area contributed by atoms with Gasteiger partial charge in [0, 0.05) is 37.2 Å². The molecule has 44 heavy (non-hydrogen) atoms. The van der Waals surface area contributed by atoms with E-state index in [0.29, 0.717) is 63.7 Å². The first-order valence-electron chi connectivity index (χ1n) is 14.8. The number of rotatable bonds is 7. The highest BCUT2D eigenvalue weighted by atomic mass is 35.5. The summed E-state index contributed by atoms with van der Waals surface area (Å²) in [5, 5.41) is 28.1. The number of nitrogens with zero attached hydrogens (tertiary/aromatic N) is 5. The van der Waals surface area contributed by atoms with E-state index >= 15 is 0 Å². The maximum atomic E-state index is 14.3. The van der Waals surface area contributed by atoms with Crippen LogP contribution < -0.4 is 10.2 Å². The van der Waals surface area contributed by atoms with Crippen molar-refractivity contribution < 1.29 is 24.1 Å². The minimum absolute atomic E-state index is 0.0429. The monoisotopic (exact) mass is 640 g/mol. The summed E-state index contributed by atoms with van der Waals surface area (Å²) in [6, 6.07) is 11.7. The highest BCUT2D eigenvalue weighted by Gasteiger charge is 2.66. The van der Waals surface area contributed by atoms with Gasteiger partial charge in [-0.25, -0.2) is 23.8 Å². The Labute approximate surface area is 262 Å². The standard InChI is InChI=1S/C31H31Cl2FN6O4/c32-22-8-4-7-19(25(22)33)26-27-29(40(38-26)24-9-1-2-12-44-24)37-28(23(15-41)36-27)39-11-10-20-21(14-39)31(20,16-35-30(42)43)17-5-3-6-18(34)13-17/h3-8,13,20-21,24,35,41H,1-2,9-12,14-16H2,(H,42,43). The van der Waals surface area contributed by atoms with Crippen LogP contribution >= 0.6 is 23.2 Å². The summed E-state index contributed by atoms with van der Waals surface area (Å²) >= 11 is 13.0. The number of aromatic nitrogens is 4. The molecule has 4 atom stereocenters. The third-order valence-corrected chi connectivity index (χ3v) is 10.2. The van der Waals surface area contributed by atoms with Gasteiger partial charge in [0.25, 0.3) is 0 Å². The summed E-state index contributed by atoms with van der Waals surface area (Å²) in [5.74, 6) is 0.386. The summed E-state index contributed by atoms with van der Waals surface area (Å²) in [4.78, 5) is 23.6. The first-order chi connectivity index (χ1) is 21.3. The number of amides is 1. The summed E-state index contributed by atoms with van der Waals surface area (Å²) in [6.07, 6.45) is 2.00. The second kappa shape index (κ2) is 11.4. The number of piperidine rings is 1. The Bertz CT molecular complexity index is 1750. The molecule has 10 nitrogen and oxygen atoms in total. The summed E-state index contributed by atoms with van der Waals surface area (Å²) < 4.78 is 22.2. The fraction of sp³-hybridized carbons (Fsp3) is 0.419. The number of carbonyl (C=O) groups is 1. The van der Waals surface area contributed by atoms with Crippen molar-refractivity contribution in [2.75, 3.05) is 31.1 Å². The van der Waals surface area contributed by atoms with Gasteiger partial charge in [0.05, 0.1) is 16.7 Å². The van der Waals surface area contributed by atoms with Crippen molar-refractivity contribution in [3.05, 3.63) is 69.6 Å². The van der Waals surface area contributed by atoms with Crippen LogP contribution in [0.25, 0.3) is 22.4 Å². The molecule has 4 unspecified atom stereocenters. The Balaban J connectivity index is 1.30. The number of aliphatic hydroxyl groups excluding tert-OH is 1. The van der Waals surface area contributed by atoms with E-state index in [0.717, 1.165) is 31.2 Å². The molecular formula is C31H31Cl2FN6O4. The molecule has 3 N–H and O–H groups in total.